The van der Waals surface area contributed by atoms with E-state index in [0.717, 1.165) is 12.1 Å². The SMILES string of the molecule is NS(=O)(=O)c1cc(Cl)c(NC(=O)COC(=O)CCNS(=O)(=O)c2ccccc2)c(Cl)c1. The van der Waals surface area contributed by atoms with Crippen molar-refractivity contribution in [3.8, 4) is 0 Å². The maximum atomic E-state index is 12.0. The van der Waals surface area contributed by atoms with Gasteiger partial charge in [-0.2, -0.15) is 0 Å². The molecule has 1 amide bonds. The van der Waals surface area contributed by atoms with Crippen LogP contribution in [0.4, 0.5) is 5.69 Å². The summed E-state index contributed by atoms with van der Waals surface area (Å²) >= 11 is 11.8. The predicted molar refractivity (Wildman–Crippen MR) is 114 cm³/mol. The molecule has 0 saturated carbocycles. The number of hydrogen-bond acceptors (Lipinski definition) is 7. The summed E-state index contributed by atoms with van der Waals surface area (Å²) in [6.07, 6.45) is -0.316. The van der Waals surface area contributed by atoms with Gasteiger partial charge >= 0.3 is 5.97 Å². The van der Waals surface area contributed by atoms with E-state index in [9.17, 15) is 26.4 Å². The molecular weight excluding hydrogens is 493 g/mol. The van der Waals surface area contributed by atoms with Crippen LogP contribution in [0.1, 0.15) is 6.42 Å². The number of anilines is 1. The maximum Gasteiger partial charge on any atom is 0.307 e. The largest absolute Gasteiger partial charge is 0.456 e. The lowest BCUT2D eigenvalue weighted by atomic mass is 10.3. The number of hydrogen-bond donors (Lipinski definition) is 3. The molecule has 2 aromatic carbocycles. The molecule has 0 atom stereocenters. The van der Waals surface area contributed by atoms with Gasteiger partial charge in [-0.1, -0.05) is 41.4 Å². The van der Waals surface area contributed by atoms with Crippen molar-refractivity contribution in [2.75, 3.05) is 18.5 Å². The lowest BCUT2D eigenvalue weighted by molar-refractivity contribution is -0.147. The van der Waals surface area contributed by atoms with Crippen LogP contribution in [0.2, 0.25) is 10.0 Å². The van der Waals surface area contributed by atoms with Crippen LogP contribution in [0.5, 0.6) is 0 Å². The molecule has 0 radical (unpaired) electrons. The number of rotatable bonds is 9. The van der Waals surface area contributed by atoms with Gasteiger partial charge in [0.05, 0.1) is 31.9 Å². The van der Waals surface area contributed by atoms with E-state index in [1.165, 1.54) is 12.1 Å². The smallest absolute Gasteiger partial charge is 0.307 e. The number of carbonyl (C=O) groups is 2. The Kier molecular flexibility index (Phi) is 8.40. The minimum Gasteiger partial charge on any atom is -0.456 e. The molecule has 2 rings (SSSR count). The molecule has 0 unspecified atom stereocenters. The number of ether oxygens (including phenoxy) is 1. The average molecular weight is 510 g/mol. The molecule has 4 N–H and O–H groups in total. The molecule has 0 aliphatic rings. The molecule has 2 aromatic rings. The molecule has 168 valence electrons. The Morgan fingerprint density at radius 1 is 0.968 bits per heavy atom. The van der Waals surface area contributed by atoms with Crippen LogP contribution >= 0.6 is 23.2 Å². The fraction of sp³-hybridized carbons (Fsp3) is 0.176. The molecule has 31 heavy (non-hydrogen) atoms. The summed E-state index contributed by atoms with van der Waals surface area (Å²) in [5.74, 6) is -1.63. The lowest BCUT2D eigenvalue weighted by Gasteiger charge is -2.11. The van der Waals surface area contributed by atoms with E-state index in [1.54, 1.807) is 18.2 Å². The van der Waals surface area contributed by atoms with Crippen molar-refractivity contribution in [3.63, 3.8) is 0 Å². The zero-order valence-corrected chi connectivity index (χ0v) is 18.8. The number of nitrogens with two attached hydrogens (primary N) is 1. The van der Waals surface area contributed by atoms with Crippen molar-refractivity contribution in [2.24, 2.45) is 5.14 Å². The van der Waals surface area contributed by atoms with Gasteiger partial charge in [-0.15, -0.1) is 0 Å². The van der Waals surface area contributed by atoms with Crippen LogP contribution in [0.15, 0.2) is 52.3 Å². The summed E-state index contributed by atoms with van der Waals surface area (Å²) in [7, 11) is -7.82. The van der Waals surface area contributed by atoms with Crippen LogP contribution in [0.3, 0.4) is 0 Å². The van der Waals surface area contributed by atoms with Gasteiger partial charge in [0.2, 0.25) is 20.0 Å². The van der Waals surface area contributed by atoms with Crippen molar-refractivity contribution < 1.29 is 31.2 Å². The van der Waals surface area contributed by atoms with Crippen molar-refractivity contribution in [1.29, 1.82) is 0 Å². The van der Waals surface area contributed by atoms with E-state index in [2.05, 4.69) is 10.0 Å². The second-order valence-corrected chi connectivity index (χ2v) is 10.1. The fourth-order valence-corrected chi connectivity index (χ4v) is 4.53. The molecule has 0 heterocycles. The van der Waals surface area contributed by atoms with Gasteiger partial charge in [-0.25, -0.2) is 26.7 Å². The lowest BCUT2D eigenvalue weighted by Crippen LogP contribution is -2.28. The quantitative estimate of drug-likeness (QED) is 0.431. The Morgan fingerprint density at radius 2 is 1.55 bits per heavy atom. The van der Waals surface area contributed by atoms with Gasteiger partial charge in [0.15, 0.2) is 6.61 Å². The van der Waals surface area contributed by atoms with Gasteiger partial charge in [-0.05, 0) is 24.3 Å². The Labute approximate surface area is 188 Å². The van der Waals surface area contributed by atoms with Crippen LogP contribution < -0.4 is 15.2 Å². The average Bonchev–Trinajstić information content (AvgIpc) is 2.69. The Balaban J connectivity index is 1.84. The zero-order valence-electron chi connectivity index (χ0n) is 15.7. The first kappa shape index (κ1) is 25.0. The second-order valence-electron chi connectivity index (χ2n) is 5.98. The first-order valence-electron chi connectivity index (χ1n) is 8.42. The van der Waals surface area contributed by atoms with Gasteiger partial charge < -0.3 is 10.1 Å². The zero-order chi connectivity index (χ0) is 23.2. The minimum absolute atomic E-state index is 0.0463. The maximum absolute atomic E-state index is 12.0. The molecule has 0 aliphatic carbocycles. The number of benzene rings is 2. The number of primary sulfonamides is 1. The van der Waals surface area contributed by atoms with E-state index in [4.69, 9.17) is 33.1 Å². The highest BCUT2D eigenvalue weighted by atomic mass is 35.5. The molecule has 0 bridgehead atoms. The predicted octanol–water partition coefficient (Wildman–Crippen LogP) is 1.49. The molecule has 10 nitrogen and oxygen atoms in total. The topological polar surface area (TPSA) is 162 Å². The van der Waals surface area contributed by atoms with Crippen molar-refractivity contribution in [3.05, 3.63) is 52.5 Å². The summed E-state index contributed by atoms with van der Waals surface area (Å²) < 4.78 is 53.8. The number of halogens is 2. The molecule has 14 heteroatoms. The summed E-state index contributed by atoms with van der Waals surface area (Å²) in [6.45, 7) is -0.932. The van der Waals surface area contributed by atoms with E-state index in [-0.39, 0.29) is 38.5 Å². The first-order valence-corrected chi connectivity index (χ1v) is 12.2. The van der Waals surface area contributed by atoms with Crippen LogP contribution in [0, 0.1) is 0 Å². The highest BCUT2D eigenvalue weighted by Crippen LogP contribution is 2.33. The molecular formula is C17H17Cl2N3O7S2. The van der Waals surface area contributed by atoms with Crippen LogP contribution in [-0.4, -0.2) is 41.9 Å². The first-order chi connectivity index (χ1) is 14.4. The summed E-state index contributed by atoms with van der Waals surface area (Å²) in [4.78, 5) is 23.4. The standard InChI is InChI=1S/C17H17Cl2N3O7S2/c18-13-8-12(30(20,25)26)9-14(19)17(13)22-15(23)10-29-16(24)6-7-21-31(27,28)11-4-2-1-3-5-11/h1-5,8-9,21H,6-7,10H2,(H,22,23)(H2,20,25,26). The molecule has 0 fully saturated rings. The highest BCUT2D eigenvalue weighted by Gasteiger charge is 2.18. The van der Waals surface area contributed by atoms with Crippen molar-refractivity contribution >= 4 is 60.8 Å². The molecule has 0 aromatic heterocycles. The summed E-state index contributed by atoms with van der Waals surface area (Å²) in [6, 6.07) is 9.58. The van der Waals surface area contributed by atoms with Crippen LogP contribution in [-0.2, 0) is 34.4 Å². The van der Waals surface area contributed by atoms with E-state index in [1.807, 2.05) is 0 Å². The van der Waals surface area contributed by atoms with Gasteiger partial charge in [0, 0.05) is 6.54 Å². The Hall–Kier alpha value is -2.22. The third-order valence-corrected chi connectivity index (χ3v) is 6.61. The number of sulfonamides is 2. The monoisotopic (exact) mass is 509 g/mol. The summed E-state index contributed by atoms with van der Waals surface area (Å²) in [5.41, 5.74) is -0.0904. The van der Waals surface area contributed by atoms with E-state index < -0.39 is 38.5 Å². The molecule has 0 spiro atoms. The Bertz CT molecular complexity index is 1160. The number of carbonyl (C=O) groups excluding carboxylic acids is 2. The van der Waals surface area contributed by atoms with Crippen molar-refractivity contribution in [1.82, 2.24) is 4.72 Å². The third kappa shape index (κ3) is 7.45. The normalized spacial score (nSPS) is 11.7. The number of esters is 1. The highest BCUT2D eigenvalue weighted by molar-refractivity contribution is 7.89. The van der Waals surface area contributed by atoms with Crippen LogP contribution in [0.25, 0.3) is 0 Å². The van der Waals surface area contributed by atoms with Gasteiger partial charge in [-0.3, -0.25) is 9.59 Å². The van der Waals surface area contributed by atoms with Crippen molar-refractivity contribution in [2.45, 2.75) is 16.2 Å². The summed E-state index contributed by atoms with van der Waals surface area (Å²) in [5, 5.41) is 6.90. The Morgan fingerprint density at radius 3 is 2.10 bits per heavy atom. The number of nitrogens with one attached hydrogen (secondary N) is 2. The second kappa shape index (κ2) is 10.4. The van der Waals surface area contributed by atoms with Gasteiger partial charge in [0.1, 0.15) is 0 Å². The van der Waals surface area contributed by atoms with Gasteiger partial charge in [0.25, 0.3) is 5.91 Å². The minimum atomic E-state index is -4.05. The van der Waals surface area contributed by atoms with E-state index >= 15 is 0 Å². The van der Waals surface area contributed by atoms with E-state index in [0.29, 0.717) is 0 Å². The molecule has 0 aliphatic heterocycles. The fourth-order valence-electron chi connectivity index (χ4n) is 2.20. The third-order valence-electron chi connectivity index (χ3n) is 3.65. The molecule has 0 saturated heterocycles. The number of amides is 1.